The van der Waals surface area contributed by atoms with Crippen molar-refractivity contribution in [3.05, 3.63) is 70.1 Å². The second kappa shape index (κ2) is 9.57. The lowest BCUT2D eigenvalue weighted by atomic mass is 10.1. The minimum Gasteiger partial charge on any atom is -0.478 e. The third-order valence-electron chi connectivity index (χ3n) is 5.22. The van der Waals surface area contributed by atoms with Crippen LogP contribution in [0.3, 0.4) is 0 Å². The van der Waals surface area contributed by atoms with Crippen LogP contribution >= 0.6 is 23.1 Å². The second-order valence-electron chi connectivity index (χ2n) is 7.31. The number of fused-ring (bicyclic) bond motifs is 1. The number of aromatic nitrogens is 2. The predicted octanol–water partition coefficient (Wildman–Crippen LogP) is 5.75. The molecule has 4 aromatic rings. The van der Waals surface area contributed by atoms with Crippen molar-refractivity contribution in [3.8, 4) is 17.3 Å². The van der Waals surface area contributed by atoms with E-state index in [1.165, 1.54) is 41.6 Å². The number of rotatable bonds is 7. The van der Waals surface area contributed by atoms with Crippen LogP contribution in [0.1, 0.15) is 26.4 Å². The molecule has 0 unspecified atom stereocenters. The Morgan fingerprint density at radius 2 is 2.09 bits per heavy atom. The molecule has 2 N–H and O–H groups in total. The number of hydrogen-bond acceptors (Lipinski definition) is 7. The molecular weight excluding hydrogens is 459 g/mol. The molecule has 0 aliphatic rings. The van der Waals surface area contributed by atoms with Gasteiger partial charge < -0.3 is 10.4 Å². The van der Waals surface area contributed by atoms with Crippen LogP contribution in [-0.4, -0.2) is 33.8 Å². The van der Waals surface area contributed by atoms with Gasteiger partial charge in [-0.05, 0) is 55.0 Å². The summed E-state index contributed by atoms with van der Waals surface area (Å²) in [6, 6.07) is 12.1. The number of carboxylic acid groups (broad SMARTS) is 1. The van der Waals surface area contributed by atoms with Crippen molar-refractivity contribution in [1.29, 1.82) is 5.26 Å². The van der Waals surface area contributed by atoms with Gasteiger partial charge in [-0.2, -0.15) is 5.26 Å². The fourth-order valence-corrected chi connectivity index (χ4v) is 5.39. The highest BCUT2D eigenvalue weighted by Crippen LogP contribution is 2.34. The number of carbonyl (C=O) groups is 1. The van der Waals surface area contributed by atoms with Gasteiger partial charge >= 0.3 is 5.97 Å². The van der Waals surface area contributed by atoms with Crippen LogP contribution in [0.15, 0.2) is 47.6 Å². The molecule has 0 atom stereocenters. The quantitative estimate of drug-likeness (QED) is 0.326. The van der Waals surface area contributed by atoms with Crippen LogP contribution in [0.2, 0.25) is 0 Å². The summed E-state index contributed by atoms with van der Waals surface area (Å²) in [5.41, 5.74) is 3.36. The summed E-state index contributed by atoms with van der Waals surface area (Å²) < 4.78 is 14.9. The van der Waals surface area contributed by atoms with Crippen molar-refractivity contribution in [1.82, 2.24) is 9.97 Å². The molecule has 6 nitrogen and oxygen atoms in total. The molecule has 2 aromatic carbocycles. The standard InChI is InChI=1S/C24H19FN4O2S2/c1-13-7-15(25)9-18-16(21(11-26)33-23(13)18)5-6-27-22-10-19(28-12-29-22)14-3-4-17(24(30)31)20(8-14)32-2/h3-4,7-10,12H,5-6H2,1-2H3,(H,30,31)(H,27,28,29). The van der Waals surface area contributed by atoms with Gasteiger partial charge in [-0.25, -0.2) is 19.2 Å². The Morgan fingerprint density at radius 3 is 2.82 bits per heavy atom. The normalized spacial score (nSPS) is 10.8. The number of carboxylic acids is 1. The number of nitrogens with zero attached hydrogens (tertiary/aromatic N) is 3. The third-order valence-corrected chi connectivity index (χ3v) is 7.29. The number of anilines is 1. The molecule has 0 bridgehead atoms. The number of aryl methyl sites for hydroxylation is 1. The largest absolute Gasteiger partial charge is 0.478 e. The number of aromatic carboxylic acids is 1. The van der Waals surface area contributed by atoms with Gasteiger partial charge in [-0.3, -0.25) is 0 Å². The number of nitrogens with one attached hydrogen (secondary N) is 1. The molecule has 0 amide bonds. The summed E-state index contributed by atoms with van der Waals surface area (Å²) in [7, 11) is 0. The first-order chi connectivity index (χ1) is 15.9. The Hall–Kier alpha value is -3.48. The van der Waals surface area contributed by atoms with Crippen LogP contribution in [0.4, 0.5) is 10.2 Å². The maximum absolute atomic E-state index is 14.0. The van der Waals surface area contributed by atoms with Crippen molar-refractivity contribution in [2.45, 2.75) is 18.2 Å². The Kier molecular flexibility index (Phi) is 6.58. The summed E-state index contributed by atoms with van der Waals surface area (Å²) in [5, 5.41) is 22.9. The van der Waals surface area contributed by atoms with Crippen molar-refractivity contribution < 1.29 is 14.3 Å². The van der Waals surface area contributed by atoms with Crippen molar-refractivity contribution in [2.24, 2.45) is 0 Å². The molecule has 2 aromatic heterocycles. The van der Waals surface area contributed by atoms with Gasteiger partial charge in [0.15, 0.2) is 0 Å². The van der Waals surface area contributed by atoms with Crippen LogP contribution in [0, 0.1) is 24.1 Å². The third kappa shape index (κ3) is 4.67. The van der Waals surface area contributed by atoms with E-state index >= 15 is 0 Å². The molecule has 9 heteroatoms. The monoisotopic (exact) mass is 478 g/mol. The van der Waals surface area contributed by atoms with Gasteiger partial charge in [0, 0.05) is 33.2 Å². The molecule has 166 valence electrons. The zero-order valence-electron chi connectivity index (χ0n) is 17.8. The highest BCUT2D eigenvalue weighted by Gasteiger charge is 2.15. The Labute approximate surface area is 198 Å². The number of hydrogen-bond donors (Lipinski definition) is 2. The van der Waals surface area contributed by atoms with E-state index in [0.29, 0.717) is 34.2 Å². The lowest BCUT2D eigenvalue weighted by molar-refractivity contribution is 0.0693. The zero-order chi connectivity index (χ0) is 23.5. The fourth-order valence-electron chi connectivity index (χ4n) is 3.67. The number of thiophene rings is 1. The lowest BCUT2D eigenvalue weighted by Crippen LogP contribution is -2.07. The summed E-state index contributed by atoms with van der Waals surface area (Å²) in [5.74, 6) is -0.674. The molecule has 0 radical (unpaired) electrons. The first kappa shape index (κ1) is 22.7. The smallest absolute Gasteiger partial charge is 0.336 e. The Morgan fingerprint density at radius 1 is 1.27 bits per heavy atom. The molecule has 0 aliphatic heterocycles. The minimum absolute atomic E-state index is 0.251. The molecule has 0 saturated carbocycles. The Balaban J connectivity index is 1.54. The summed E-state index contributed by atoms with van der Waals surface area (Å²) >= 11 is 2.75. The molecule has 2 heterocycles. The molecule has 0 fully saturated rings. The lowest BCUT2D eigenvalue weighted by Gasteiger charge is -2.09. The van der Waals surface area contributed by atoms with E-state index < -0.39 is 5.97 Å². The second-order valence-corrected chi connectivity index (χ2v) is 9.18. The molecule has 4 rings (SSSR count). The van der Waals surface area contributed by atoms with Crippen molar-refractivity contribution in [3.63, 3.8) is 0 Å². The maximum atomic E-state index is 14.0. The molecule has 0 saturated heterocycles. The first-order valence-electron chi connectivity index (χ1n) is 10.0. The topological polar surface area (TPSA) is 98.9 Å². The first-order valence-corrected chi connectivity index (χ1v) is 12.0. The van der Waals surface area contributed by atoms with Crippen molar-refractivity contribution in [2.75, 3.05) is 18.1 Å². The van der Waals surface area contributed by atoms with Crippen LogP contribution < -0.4 is 5.32 Å². The zero-order valence-corrected chi connectivity index (χ0v) is 19.5. The highest BCUT2D eigenvalue weighted by atomic mass is 32.2. The van der Waals surface area contributed by atoms with Crippen molar-refractivity contribution >= 4 is 45.0 Å². The summed E-state index contributed by atoms with van der Waals surface area (Å²) in [4.78, 5) is 21.2. The average molecular weight is 479 g/mol. The molecule has 33 heavy (non-hydrogen) atoms. The van der Waals surface area contributed by atoms with E-state index in [1.54, 1.807) is 24.3 Å². The highest BCUT2D eigenvalue weighted by molar-refractivity contribution is 7.98. The van der Waals surface area contributed by atoms with Crippen LogP contribution in [0.5, 0.6) is 0 Å². The maximum Gasteiger partial charge on any atom is 0.336 e. The van der Waals surface area contributed by atoms with Crippen LogP contribution in [0.25, 0.3) is 21.3 Å². The van der Waals surface area contributed by atoms with Crippen LogP contribution in [-0.2, 0) is 6.42 Å². The van der Waals surface area contributed by atoms with E-state index in [1.807, 2.05) is 13.2 Å². The van der Waals surface area contributed by atoms with Gasteiger partial charge in [0.25, 0.3) is 0 Å². The van der Waals surface area contributed by atoms with E-state index in [0.717, 1.165) is 26.8 Å². The van der Waals surface area contributed by atoms with Gasteiger partial charge in [0.05, 0.1) is 11.3 Å². The van der Waals surface area contributed by atoms with E-state index in [9.17, 15) is 19.6 Å². The Bertz CT molecular complexity index is 1410. The SMILES string of the molecule is CSc1cc(-c2cc(NCCc3c(C#N)sc4c(C)cc(F)cc34)ncn2)ccc1C(=O)O. The van der Waals surface area contributed by atoms with Gasteiger partial charge in [0.1, 0.15) is 28.9 Å². The van der Waals surface area contributed by atoms with E-state index in [-0.39, 0.29) is 11.4 Å². The number of thioether (sulfide) groups is 1. The van der Waals surface area contributed by atoms with E-state index in [2.05, 4.69) is 21.4 Å². The van der Waals surface area contributed by atoms with Gasteiger partial charge in [-0.15, -0.1) is 23.1 Å². The fraction of sp³-hybridized carbons (Fsp3) is 0.167. The minimum atomic E-state index is -0.969. The van der Waals surface area contributed by atoms with Gasteiger partial charge in [-0.1, -0.05) is 6.07 Å². The number of benzene rings is 2. The number of nitriles is 1. The average Bonchev–Trinajstić information content (AvgIpc) is 3.16. The summed E-state index contributed by atoms with van der Waals surface area (Å²) in [6.07, 6.45) is 3.81. The van der Waals surface area contributed by atoms with Gasteiger partial charge in [0.2, 0.25) is 0 Å². The summed E-state index contributed by atoms with van der Waals surface area (Å²) in [6.45, 7) is 2.35. The molecule has 0 spiro atoms. The van der Waals surface area contributed by atoms with E-state index in [4.69, 9.17) is 0 Å². The predicted molar refractivity (Wildman–Crippen MR) is 130 cm³/mol. The molecule has 0 aliphatic carbocycles. The number of halogens is 1. The molecular formula is C24H19FN4O2S2.